The Hall–Kier alpha value is -1.59. The SMILES string of the molecule is CSc1ccc(-c2noc(C3C=CC(N)C3)n2)cc1. The lowest BCUT2D eigenvalue weighted by Crippen LogP contribution is -2.14. The quantitative estimate of drug-likeness (QED) is 0.688. The molecule has 1 aromatic carbocycles. The zero-order valence-corrected chi connectivity index (χ0v) is 11.4. The maximum atomic E-state index is 5.83. The number of benzene rings is 1. The molecule has 0 saturated carbocycles. The molecule has 0 radical (unpaired) electrons. The topological polar surface area (TPSA) is 64.9 Å². The summed E-state index contributed by atoms with van der Waals surface area (Å²) in [5, 5.41) is 4.04. The molecule has 4 nitrogen and oxygen atoms in total. The Labute approximate surface area is 116 Å². The Bertz CT molecular complexity index is 591. The van der Waals surface area contributed by atoms with Gasteiger partial charge in [0.25, 0.3) is 0 Å². The van der Waals surface area contributed by atoms with Crippen molar-refractivity contribution >= 4 is 11.8 Å². The molecule has 0 spiro atoms. The van der Waals surface area contributed by atoms with Crippen LogP contribution in [0.25, 0.3) is 11.4 Å². The molecule has 2 aromatic rings. The first-order valence-electron chi connectivity index (χ1n) is 6.18. The molecule has 98 valence electrons. The molecule has 2 atom stereocenters. The fourth-order valence-electron chi connectivity index (χ4n) is 2.15. The molecular formula is C14H15N3OS. The normalized spacial score (nSPS) is 22.0. The van der Waals surface area contributed by atoms with E-state index >= 15 is 0 Å². The summed E-state index contributed by atoms with van der Waals surface area (Å²) < 4.78 is 5.33. The van der Waals surface area contributed by atoms with Gasteiger partial charge in [0.1, 0.15) is 0 Å². The van der Waals surface area contributed by atoms with Gasteiger partial charge >= 0.3 is 0 Å². The minimum atomic E-state index is 0.0983. The molecule has 1 aliphatic carbocycles. The molecule has 2 N–H and O–H groups in total. The van der Waals surface area contributed by atoms with Crippen LogP contribution in [0, 0.1) is 0 Å². The standard InChI is InChI=1S/C14H15N3OS/c1-19-12-6-3-9(4-7-12)13-16-14(18-17-13)10-2-5-11(15)8-10/h2-7,10-11H,8,15H2,1H3. The van der Waals surface area contributed by atoms with Crippen LogP contribution in [0.4, 0.5) is 0 Å². The van der Waals surface area contributed by atoms with Crippen molar-refractivity contribution in [2.24, 2.45) is 5.73 Å². The first-order valence-corrected chi connectivity index (χ1v) is 7.40. The van der Waals surface area contributed by atoms with Crippen molar-refractivity contribution in [3.63, 3.8) is 0 Å². The van der Waals surface area contributed by atoms with E-state index in [9.17, 15) is 0 Å². The second-order valence-corrected chi connectivity index (χ2v) is 5.46. The van der Waals surface area contributed by atoms with E-state index in [1.54, 1.807) is 11.8 Å². The lowest BCUT2D eigenvalue weighted by Gasteiger charge is -2.02. The molecule has 5 heteroatoms. The van der Waals surface area contributed by atoms with Crippen molar-refractivity contribution in [2.75, 3.05) is 6.26 Å². The maximum Gasteiger partial charge on any atom is 0.233 e. The number of allylic oxidation sites excluding steroid dienone is 1. The molecular weight excluding hydrogens is 258 g/mol. The monoisotopic (exact) mass is 273 g/mol. The van der Waals surface area contributed by atoms with Crippen LogP contribution in [0.1, 0.15) is 18.2 Å². The van der Waals surface area contributed by atoms with Gasteiger partial charge in [0.15, 0.2) is 0 Å². The molecule has 0 aliphatic heterocycles. The highest BCUT2D eigenvalue weighted by Crippen LogP contribution is 2.28. The largest absolute Gasteiger partial charge is 0.338 e. The second kappa shape index (κ2) is 5.19. The first kappa shape index (κ1) is 12.4. The highest BCUT2D eigenvalue weighted by Gasteiger charge is 2.23. The van der Waals surface area contributed by atoms with Gasteiger partial charge in [0, 0.05) is 16.5 Å². The van der Waals surface area contributed by atoms with Crippen LogP contribution in [0.5, 0.6) is 0 Å². The predicted molar refractivity (Wildman–Crippen MR) is 76.0 cm³/mol. The van der Waals surface area contributed by atoms with Gasteiger partial charge in [0.2, 0.25) is 11.7 Å². The lowest BCUT2D eigenvalue weighted by molar-refractivity contribution is 0.365. The zero-order chi connectivity index (χ0) is 13.2. The summed E-state index contributed by atoms with van der Waals surface area (Å²) in [6, 6.07) is 8.23. The Morgan fingerprint density at radius 1 is 1.26 bits per heavy atom. The van der Waals surface area contributed by atoms with Gasteiger partial charge in [-0.2, -0.15) is 4.98 Å². The van der Waals surface area contributed by atoms with Gasteiger partial charge in [-0.1, -0.05) is 17.3 Å². The molecule has 0 fully saturated rings. The third kappa shape index (κ3) is 2.57. The number of hydrogen-bond acceptors (Lipinski definition) is 5. The number of aromatic nitrogens is 2. The third-order valence-corrected chi connectivity index (χ3v) is 3.97. The molecule has 19 heavy (non-hydrogen) atoms. The summed E-state index contributed by atoms with van der Waals surface area (Å²) in [5.74, 6) is 1.44. The Morgan fingerprint density at radius 2 is 2.05 bits per heavy atom. The van der Waals surface area contributed by atoms with Crippen molar-refractivity contribution in [3.05, 3.63) is 42.3 Å². The molecule has 1 aromatic heterocycles. The van der Waals surface area contributed by atoms with Gasteiger partial charge < -0.3 is 10.3 Å². The van der Waals surface area contributed by atoms with Gasteiger partial charge in [0.05, 0.1) is 5.92 Å². The van der Waals surface area contributed by atoms with E-state index in [-0.39, 0.29) is 12.0 Å². The van der Waals surface area contributed by atoms with Gasteiger partial charge in [-0.05, 0) is 36.9 Å². The van der Waals surface area contributed by atoms with Crippen LogP contribution in [0.15, 0.2) is 45.8 Å². The molecule has 0 amide bonds. The smallest absolute Gasteiger partial charge is 0.233 e. The van der Waals surface area contributed by atoms with Crippen LogP contribution >= 0.6 is 11.8 Å². The van der Waals surface area contributed by atoms with E-state index in [1.807, 2.05) is 24.3 Å². The van der Waals surface area contributed by atoms with E-state index in [4.69, 9.17) is 10.3 Å². The first-order chi connectivity index (χ1) is 9.26. The van der Waals surface area contributed by atoms with Crippen molar-refractivity contribution in [1.29, 1.82) is 0 Å². The van der Waals surface area contributed by atoms with E-state index < -0.39 is 0 Å². The van der Waals surface area contributed by atoms with Gasteiger partial charge in [-0.25, -0.2) is 0 Å². The minimum Gasteiger partial charge on any atom is -0.338 e. The van der Waals surface area contributed by atoms with Crippen LogP contribution in [0.2, 0.25) is 0 Å². The second-order valence-electron chi connectivity index (χ2n) is 4.58. The van der Waals surface area contributed by atoms with Crippen molar-refractivity contribution in [1.82, 2.24) is 10.1 Å². The van der Waals surface area contributed by atoms with E-state index in [1.165, 1.54) is 4.90 Å². The summed E-state index contributed by atoms with van der Waals surface area (Å²) in [7, 11) is 0. The molecule has 1 heterocycles. The highest BCUT2D eigenvalue weighted by molar-refractivity contribution is 7.98. The van der Waals surface area contributed by atoms with E-state index in [0.717, 1.165) is 12.0 Å². The van der Waals surface area contributed by atoms with Gasteiger partial charge in [-0.3, -0.25) is 0 Å². The number of hydrogen-bond donors (Lipinski definition) is 1. The Morgan fingerprint density at radius 3 is 2.68 bits per heavy atom. The number of rotatable bonds is 3. The van der Waals surface area contributed by atoms with Crippen LogP contribution in [0.3, 0.4) is 0 Å². The fourth-order valence-corrected chi connectivity index (χ4v) is 2.56. The van der Waals surface area contributed by atoms with Gasteiger partial charge in [-0.15, -0.1) is 11.8 Å². The summed E-state index contributed by atoms with van der Waals surface area (Å²) in [4.78, 5) is 5.68. The Kier molecular flexibility index (Phi) is 3.40. The van der Waals surface area contributed by atoms with Crippen molar-refractivity contribution in [2.45, 2.75) is 23.3 Å². The summed E-state index contributed by atoms with van der Waals surface area (Å²) in [6.45, 7) is 0. The molecule has 2 unspecified atom stereocenters. The number of nitrogens with two attached hydrogens (primary N) is 1. The fraction of sp³-hybridized carbons (Fsp3) is 0.286. The number of nitrogens with zero attached hydrogens (tertiary/aromatic N) is 2. The molecule has 0 bridgehead atoms. The summed E-state index contributed by atoms with van der Waals surface area (Å²) >= 11 is 1.71. The van der Waals surface area contributed by atoms with E-state index in [2.05, 4.69) is 28.5 Å². The van der Waals surface area contributed by atoms with Crippen molar-refractivity contribution in [3.8, 4) is 11.4 Å². The zero-order valence-electron chi connectivity index (χ0n) is 10.6. The van der Waals surface area contributed by atoms with Crippen LogP contribution in [-0.2, 0) is 0 Å². The third-order valence-electron chi connectivity index (χ3n) is 3.22. The average Bonchev–Trinajstić information content (AvgIpc) is 3.07. The van der Waals surface area contributed by atoms with Crippen molar-refractivity contribution < 1.29 is 4.52 Å². The molecule has 1 aliphatic rings. The summed E-state index contributed by atoms with van der Waals surface area (Å²) in [6.07, 6.45) is 6.92. The summed E-state index contributed by atoms with van der Waals surface area (Å²) in [5.41, 5.74) is 6.80. The molecule has 0 saturated heterocycles. The Balaban J connectivity index is 1.82. The van der Waals surface area contributed by atoms with Crippen LogP contribution in [-0.4, -0.2) is 22.4 Å². The maximum absolute atomic E-state index is 5.83. The minimum absolute atomic E-state index is 0.0983. The lowest BCUT2D eigenvalue weighted by atomic mass is 10.1. The van der Waals surface area contributed by atoms with Crippen LogP contribution < -0.4 is 5.73 Å². The highest BCUT2D eigenvalue weighted by atomic mass is 32.2. The predicted octanol–water partition coefficient (Wildman–Crippen LogP) is 2.83. The average molecular weight is 273 g/mol. The molecule has 3 rings (SSSR count). The number of thioether (sulfide) groups is 1. The van der Waals surface area contributed by atoms with E-state index in [0.29, 0.717) is 11.7 Å².